The van der Waals surface area contributed by atoms with Gasteiger partial charge < -0.3 is 10.0 Å². The molecule has 1 aromatic carbocycles. The second kappa shape index (κ2) is 7.37. The number of benzene rings is 1. The average Bonchev–Trinajstić information content (AvgIpc) is 3.11. The SMILES string of the molecule is [B]c1cc(C)c(-n2c(C)c(C)c3c(N4C5CCC4CC(CO)C5)nc(C)nc32)c(C)c1. The Hall–Kier alpha value is -2.34. The van der Waals surface area contributed by atoms with Crippen LogP contribution in [0.3, 0.4) is 0 Å². The molecule has 6 heteroatoms. The lowest BCUT2D eigenvalue weighted by Crippen LogP contribution is -2.44. The molecular formula is C25H31BN4O. The molecule has 160 valence electrons. The minimum absolute atomic E-state index is 0.295. The predicted octanol–water partition coefficient (Wildman–Crippen LogP) is 3.50. The van der Waals surface area contributed by atoms with Gasteiger partial charge in [0.2, 0.25) is 0 Å². The molecule has 5 nitrogen and oxygen atoms in total. The number of hydrogen-bond donors (Lipinski definition) is 1. The van der Waals surface area contributed by atoms with Crippen molar-refractivity contribution >= 4 is 30.2 Å². The highest BCUT2D eigenvalue weighted by Gasteiger charge is 2.42. The molecule has 5 rings (SSSR count). The fourth-order valence-electron chi connectivity index (χ4n) is 6.14. The van der Waals surface area contributed by atoms with Gasteiger partial charge in [-0.1, -0.05) is 17.6 Å². The summed E-state index contributed by atoms with van der Waals surface area (Å²) >= 11 is 0. The average molecular weight is 414 g/mol. The van der Waals surface area contributed by atoms with Crippen LogP contribution in [0.1, 0.15) is 53.9 Å². The zero-order valence-electron chi connectivity index (χ0n) is 19.2. The number of fused-ring (bicyclic) bond motifs is 3. The van der Waals surface area contributed by atoms with Gasteiger partial charge in [0.15, 0.2) is 5.65 Å². The topological polar surface area (TPSA) is 54.2 Å². The lowest BCUT2D eigenvalue weighted by atomic mass is 9.91. The van der Waals surface area contributed by atoms with Crippen LogP contribution in [0.4, 0.5) is 5.82 Å². The zero-order valence-corrected chi connectivity index (χ0v) is 19.2. The maximum absolute atomic E-state index is 9.75. The molecule has 2 bridgehead atoms. The molecule has 0 amide bonds. The van der Waals surface area contributed by atoms with Crippen LogP contribution in [-0.4, -0.2) is 46.2 Å². The van der Waals surface area contributed by atoms with Crippen LogP contribution in [-0.2, 0) is 0 Å². The van der Waals surface area contributed by atoms with Crippen LogP contribution in [0.25, 0.3) is 16.7 Å². The molecule has 2 aliphatic rings. The van der Waals surface area contributed by atoms with Crippen LogP contribution in [0.5, 0.6) is 0 Å². The Kier molecular flexibility index (Phi) is 4.89. The summed E-state index contributed by atoms with van der Waals surface area (Å²) in [5.41, 5.74) is 7.68. The fourth-order valence-corrected chi connectivity index (χ4v) is 6.14. The van der Waals surface area contributed by atoms with E-state index in [1.54, 1.807) is 0 Å². The molecule has 2 atom stereocenters. The van der Waals surface area contributed by atoms with E-state index in [0.29, 0.717) is 24.6 Å². The molecule has 31 heavy (non-hydrogen) atoms. The van der Waals surface area contributed by atoms with Gasteiger partial charge in [0.1, 0.15) is 19.5 Å². The Morgan fingerprint density at radius 1 is 1.00 bits per heavy atom. The highest BCUT2D eigenvalue weighted by Crippen LogP contribution is 2.44. The van der Waals surface area contributed by atoms with Gasteiger partial charge in [0.25, 0.3) is 0 Å². The number of nitrogens with zero attached hydrogens (tertiary/aromatic N) is 4. The quantitative estimate of drug-likeness (QED) is 0.667. The van der Waals surface area contributed by atoms with Gasteiger partial charge in [-0.25, -0.2) is 9.97 Å². The molecule has 2 aliphatic heterocycles. The van der Waals surface area contributed by atoms with Crippen molar-refractivity contribution < 1.29 is 5.11 Å². The summed E-state index contributed by atoms with van der Waals surface area (Å²) in [4.78, 5) is 12.5. The molecule has 0 aliphatic carbocycles. The Balaban J connectivity index is 1.75. The first kappa shape index (κ1) is 20.6. The third-order valence-corrected chi connectivity index (χ3v) is 7.52. The van der Waals surface area contributed by atoms with Crippen molar-refractivity contribution in [3.8, 4) is 5.69 Å². The van der Waals surface area contributed by atoms with Crippen molar-refractivity contribution in [3.05, 3.63) is 40.3 Å². The molecular weight excluding hydrogens is 383 g/mol. The van der Waals surface area contributed by atoms with Crippen molar-refractivity contribution in [3.63, 3.8) is 0 Å². The molecule has 3 aromatic rings. The van der Waals surface area contributed by atoms with Gasteiger partial charge in [-0.05, 0) is 82.9 Å². The van der Waals surface area contributed by atoms with E-state index in [0.717, 1.165) is 57.8 Å². The second-order valence-electron chi connectivity index (χ2n) is 9.65. The van der Waals surface area contributed by atoms with Gasteiger partial charge >= 0.3 is 0 Å². The maximum atomic E-state index is 9.75. The predicted molar refractivity (Wildman–Crippen MR) is 127 cm³/mol. The molecule has 4 heterocycles. The lowest BCUT2D eigenvalue weighted by molar-refractivity contribution is 0.185. The number of rotatable bonds is 3. The second-order valence-corrected chi connectivity index (χ2v) is 9.65. The highest BCUT2D eigenvalue weighted by molar-refractivity contribution is 6.32. The molecule has 2 aromatic heterocycles. The normalized spacial score (nSPS) is 23.2. The van der Waals surface area contributed by atoms with Crippen LogP contribution in [0, 0.1) is 40.5 Å². The number of anilines is 1. The van der Waals surface area contributed by atoms with E-state index in [4.69, 9.17) is 17.8 Å². The molecule has 2 unspecified atom stereocenters. The van der Waals surface area contributed by atoms with E-state index in [9.17, 15) is 5.11 Å². The van der Waals surface area contributed by atoms with Crippen molar-refractivity contribution in [2.45, 2.75) is 72.4 Å². The first-order chi connectivity index (χ1) is 14.8. The molecule has 1 N–H and O–H groups in total. The zero-order chi connectivity index (χ0) is 22.0. The van der Waals surface area contributed by atoms with Crippen LogP contribution >= 0.6 is 0 Å². The first-order valence-corrected chi connectivity index (χ1v) is 11.4. The Morgan fingerprint density at radius 3 is 2.19 bits per heavy atom. The fraction of sp³-hybridized carbons (Fsp3) is 0.520. The summed E-state index contributed by atoms with van der Waals surface area (Å²) in [6.07, 6.45) is 4.46. The minimum Gasteiger partial charge on any atom is -0.396 e. The number of aromatic nitrogens is 3. The summed E-state index contributed by atoms with van der Waals surface area (Å²) in [6.45, 7) is 10.9. The summed E-state index contributed by atoms with van der Waals surface area (Å²) in [5, 5.41) is 10.9. The summed E-state index contributed by atoms with van der Waals surface area (Å²) in [7, 11) is 6.11. The summed E-state index contributed by atoms with van der Waals surface area (Å²) < 4.78 is 2.30. The molecule has 2 saturated heterocycles. The van der Waals surface area contributed by atoms with Crippen LogP contribution in [0.2, 0.25) is 0 Å². The van der Waals surface area contributed by atoms with E-state index in [1.165, 1.54) is 24.1 Å². The Morgan fingerprint density at radius 2 is 1.61 bits per heavy atom. The Labute approximate surface area is 185 Å². The van der Waals surface area contributed by atoms with E-state index in [-0.39, 0.29) is 0 Å². The van der Waals surface area contributed by atoms with Crippen molar-refractivity contribution in [1.29, 1.82) is 0 Å². The number of piperidine rings is 1. The summed E-state index contributed by atoms with van der Waals surface area (Å²) in [5.74, 6) is 2.30. The van der Waals surface area contributed by atoms with Gasteiger partial charge in [0.05, 0.1) is 11.1 Å². The number of aliphatic hydroxyl groups is 1. The maximum Gasteiger partial charge on any atom is 0.150 e. The van der Waals surface area contributed by atoms with E-state index in [2.05, 4.69) is 37.2 Å². The largest absolute Gasteiger partial charge is 0.396 e. The smallest absolute Gasteiger partial charge is 0.150 e. The van der Waals surface area contributed by atoms with Crippen molar-refractivity contribution in [2.24, 2.45) is 5.92 Å². The monoisotopic (exact) mass is 414 g/mol. The third kappa shape index (κ3) is 3.10. The van der Waals surface area contributed by atoms with Crippen LogP contribution in [0.15, 0.2) is 12.1 Å². The number of aliphatic hydroxyl groups excluding tert-OH is 1. The lowest BCUT2D eigenvalue weighted by Gasteiger charge is -2.39. The van der Waals surface area contributed by atoms with Gasteiger partial charge in [-0.15, -0.1) is 0 Å². The third-order valence-electron chi connectivity index (χ3n) is 7.52. The van der Waals surface area contributed by atoms with Gasteiger partial charge in [-0.3, -0.25) is 4.57 Å². The van der Waals surface area contributed by atoms with Crippen molar-refractivity contribution in [2.75, 3.05) is 11.5 Å². The standard InChI is InChI=1S/C25H31BN4O/c1-13-8-19(26)9-14(2)23(13)29-16(4)15(3)22-24(29)27-17(5)28-25(22)30-20-6-7-21(30)11-18(10-20)12-31/h8-9,18,20-21,31H,6-7,10-12H2,1-5H3. The van der Waals surface area contributed by atoms with Gasteiger partial charge in [-0.2, -0.15) is 0 Å². The minimum atomic E-state index is 0.295. The number of hydrogen-bond acceptors (Lipinski definition) is 4. The molecule has 0 spiro atoms. The number of aryl methyl sites for hydroxylation is 4. The molecule has 0 saturated carbocycles. The summed E-state index contributed by atoms with van der Waals surface area (Å²) in [6, 6.07) is 4.99. The first-order valence-electron chi connectivity index (χ1n) is 11.4. The van der Waals surface area contributed by atoms with Crippen molar-refractivity contribution in [1.82, 2.24) is 14.5 Å². The van der Waals surface area contributed by atoms with E-state index in [1.807, 2.05) is 19.1 Å². The van der Waals surface area contributed by atoms with Crippen LogP contribution < -0.4 is 10.4 Å². The van der Waals surface area contributed by atoms with E-state index < -0.39 is 0 Å². The Bertz CT molecular complexity index is 1150. The van der Waals surface area contributed by atoms with E-state index >= 15 is 0 Å². The van der Waals surface area contributed by atoms with Gasteiger partial charge in [0, 0.05) is 24.4 Å². The molecule has 2 fully saturated rings. The molecule has 2 radical (unpaired) electrons. The highest BCUT2D eigenvalue weighted by atomic mass is 16.3.